The minimum Gasteiger partial charge on any atom is -0.357 e. The van der Waals surface area contributed by atoms with Crippen LogP contribution in [0.15, 0.2) is 91.0 Å². The van der Waals surface area contributed by atoms with E-state index in [0.717, 1.165) is 33.2 Å². The number of carbonyl (C=O) groups excluding carboxylic acids is 3. The van der Waals surface area contributed by atoms with Crippen LogP contribution in [-0.2, 0) is 22.6 Å². The van der Waals surface area contributed by atoms with Gasteiger partial charge in [0.1, 0.15) is 12.6 Å². The standard InChI is InChI=1S/C31H29N3O3/c1-21-14-16-23(17-15-21)19-33(27(30(36)32-2)18-22-8-4-3-5-9-22)28(35)20-34-26-13-7-11-24-10-6-12-25(29(24)26)31(34)37/h3-17,27H,18-20H2,1-2H3,(H,32,36)/t27-/m1/s1. The number of nitrogens with one attached hydrogen (secondary N) is 1. The van der Waals surface area contributed by atoms with E-state index in [2.05, 4.69) is 5.32 Å². The average Bonchev–Trinajstić information content (AvgIpc) is 3.19. The maximum absolute atomic E-state index is 14.0. The number of rotatable bonds is 8. The van der Waals surface area contributed by atoms with Gasteiger partial charge in [0.25, 0.3) is 5.91 Å². The smallest absolute Gasteiger partial charge is 0.259 e. The molecule has 0 aliphatic carbocycles. The molecule has 0 saturated carbocycles. The molecule has 0 saturated heterocycles. The summed E-state index contributed by atoms with van der Waals surface area (Å²) in [6, 6.07) is 28.2. The number of aryl methyl sites for hydroxylation is 1. The number of anilines is 1. The van der Waals surface area contributed by atoms with Gasteiger partial charge in [0.2, 0.25) is 11.8 Å². The monoisotopic (exact) mass is 491 g/mol. The number of nitrogens with zero attached hydrogens (tertiary/aromatic N) is 2. The van der Waals surface area contributed by atoms with Crippen LogP contribution < -0.4 is 10.2 Å². The van der Waals surface area contributed by atoms with Crippen molar-refractivity contribution >= 4 is 34.2 Å². The predicted molar refractivity (Wildman–Crippen MR) is 145 cm³/mol. The van der Waals surface area contributed by atoms with Gasteiger partial charge in [-0.15, -0.1) is 0 Å². The van der Waals surface area contributed by atoms with Gasteiger partial charge < -0.3 is 10.2 Å². The molecule has 0 spiro atoms. The summed E-state index contributed by atoms with van der Waals surface area (Å²) in [5, 5.41) is 4.56. The Balaban J connectivity index is 1.50. The molecule has 0 bridgehead atoms. The molecule has 3 amide bonds. The van der Waals surface area contributed by atoms with Crippen LogP contribution in [0.25, 0.3) is 10.8 Å². The molecule has 1 aliphatic rings. The summed E-state index contributed by atoms with van der Waals surface area (Å²) < 4.78 is 0. The second-order valence-corrected chi connectivity index (χ2v) is 9.40. The summed E-state index contributed by atoms with van der Waals surface area (Å²) in [7, 11) is 1.58. The van der Waals surface area contributed by atoms with E-state index in [0.29, 0.717) is 12.0 Å². The number of carbonyl (C=O) groups is 3. The Labute approximate surface area is 216 Å². The molecular weight excluding hydrogens is 462 g/mol. The zero-order valence-electron chi connectivity index (χ0n) is 21.0. The van der Waals surface area contributed by atoms with E-state index in [1.165, 1.54) is 4.90 Å². The van der Waals surface area contributed by atoms with Crippen molar-refractivity contribution in [2.24, 2.45) is 0 Å². The molecule has 186 valence electrons. The maximum atomic E-state index is 14.0. The summed E-state index contributed by atoms with van der Waals surface area (Å²) in [4.78, 5) is 43.6. The van der Waals surface area contributed by atoms with Gasteiger partial charge in [-0.05, 0) is 35.6 Å². The van der Waals surface area contributed by atoms with Crippen molar-refractivity contribution in [2.45, 2.75) is 25.9 Å². The van der Waals surface area contributed by atoms with Crippen molar-refractivity contribution in [3.63, 3.8) is 0 Å². The number of likely N-dealkylation sites (N-methyl/N-ethyl adjacent to an activating group) is 1. The highest BCUT2D eigenvalue weighted by Gasteiger charge is 2.35. The molecular formula is C31H29N3O3. The normalized spacial score (nSPS) is 13.0. The molecule has 4 aromatic carbocycles. The van der Waals surface area contributed by atoms with E-state index in [4.69, 9.17) is 0 Å². The fraction of sp³-hybridized carbons (Fsp3) is 0.194. The highest BCUT2D eigenvalue weighted by Crippen LogP contribution is 2.37. The van der Waals surface area contributed by atoms with Gasteiger partial charge in [-0.2, -0.15) is 0 Å². The van der Waals surface area contributed by atoms with Crippen LogP contribution in [-0.4, -0.2) is 42.3 Å². The molecule has 0 unspecified atom stereocenters. The van der Waals surface area contributed by atoms with Crippen LogP contribution >= 0.6 is 0 Å². The highest BCUT2D eigenvalue weighted by molar-refractivity contribution is 6.26. The second-order valence-electron chi connectivity index (χ2n) is 9.40. The van der Waals surface area contributed by atoms with Gasteiger partial charge in [0.15, 0.2) is 0 Å². The lowest BCUT2D eigenvalue weighted by molar-refractivity contribution is -0.140. The van der Waals surface area contributed by atoms with Crippen LogP contribution in [0.3, 0.4) is 0 Å². The third kappa shape index (κ3) is 4.83. The first-order chi connectivity index (χ1) is 18.0. The molecule has 6 heteroatoms. The number of hydrogen-bond acceptors (Lipinski definition) is 3. The molecule has 1 aliphatic heterocycles. The largest absolute Gasteiger partial charge is 0.357 e. The number of amides is 3. The Bertz CT molecular complexity index is 1460. The molecule has 5 rings (SSSR count). The van der Waals surface area contributed by atoms with Gasteiger partial charge in [-0.25, -0.2) is 0 Å². The maximum Gasteiger partial charge on any atom is 0.259 e. The van der Waals surface area contributed by atoms with Crippen molar-refractivity contribution in [2.75, 3.05) is 18.5 Å². The molecule has 1 N–H and O–H groups in total. The lowest BCUT2D eigenvalue weighted by Gasteiger charge is -2.32. The van der Waals surface area contributed by atoms with Crippen LogP contribution in [0.4, 0.5) is 5.69 Å². The third-order valence-corrected chi connectivity index (χ3v) is 6.93. The van der Waals surface area contributed by atoms with E-state index < -0.39 is 6.04 Å². The van der Waals surface area contributed by atoms with Crippen LogP contribution in [0, 0.1) is 6.92 Å². The van der Waals surface area contributed by atoms with Crippen molar-refractivity contribution in [1.82, 2.24) is 10.2 Å². The van der Waals surface area contributed by atoms with Gasteiger partial charge in [-0.1, -0.05) is 84.4 Å². The van der Waals surface area contributed by atoms with E-state index >= 15 is 0 Å². The average molecular weight is 492 g/mol. The summed E-state index contributed by atoms with van der Waals surface area (Å²) >= 11 is 0. The third-order valence-electron chi connectivity index (χ3n) is 6.93. The van der Waals surface area contributed by atoms with Gasteiger partial charge >= 0.3 is 0 Å². The first-order valence-electron chi connectivity index (χ1n) is 12.4. The molecule has 1 heterocycles. The van der Waals surface area contributed by atoms with Crippen molar-refractivity contribution in [1.29, 1.82) is 0 Å². The van der Waals surface area contributed by atoms with Gasteiger partial charge in [0.05, 0.1) is 5.69 Å². The van der Waals surface area contributed by atoms with Crippen LogP contribution in [0.1, 0.15) is 27.0 Å². The Morgan fingerprint density at radius 3 is 2.27 bits per heavy atom. The molecule has 6 nitrogen and oxygen atoms in total. The summed E-state index contributed by atoms with van der Waals surface area (Å²) in [5.74, 6) is -0.735. The van der Waals surface area contributed by atoms with E-state index in [-0.39, 0.29) is 30.8 Å². The highest BCUT2D eigenvalue weighted by atomic mass is 16.2. The topological polar surface area (TPSA) is 69.7 Å². The Morgan fingerprint density at radius 2 is 1.57 bits per heavy atom. The Kier molecular flexibility index (Phi) is 6.73. The minimum absolute atomic E-state index is 0.152. The lowest BCUT2D eigenvalue weighted by Crippen LogP contribution is -2.52. The van der Waals surface area contributed by atoms with Crippen LogP contribution in [0.2, 0.25) is 0 Å². The van der Waals surface area contributed by atoms with Gasteiger partial charge in [-0.3, -0.25) is 19.3 Å². The summed E-state index contributed by atoms with van der Waals surface area (Å²) in [6.07, 6.45) is 0.363. The van der Waals surface area contributed by atoms with E-state index in [1.54, 1.807) is 18.0 Å². The van der Waals surface area contributed by atoms with E-state index in [9.17, 15) is 14.4 Å². The first-order valence-corrected chi connectivity index (χ1v) is 12.4. The Morgan fingerprint density at radius 1 is 0.865 bits per heavy atom. The van der Waals surface area contributed by atoms with Gasteiger partial charge in [0, 0.05) is 31.0 Å². The molecule has 0 radical (unpaired) electrons. The summed E-state index contributed by atoms with van der Waals surface area (Å²) in [6.45, 7) is 2.11. The molecule has 1 atom stereocenters. The number of benzene rings is 4. The minimum atomic E-state index is -0.739. The SMILES string of the molecule is CNC(=O)[C@@H](Cc1ccccc1)N(Cc1ccc(C)cc1)C(=O)CN1C(=O)c2cccc3cccc1c23. The zero-order valence-corrected chi connectivity index (χ0v) is 21.0. The zero-order chi connectivity index (χ0) is 25.9. The Hall–Kier alpha value is -4.45. The van der Waals surface area contributed by atoms with Crippen LogP contribution in [0.5, 0.6) is 0 Å². The fourth-order valence-electron chi connectivity index (χ4n) is 4.97. The molecule has 4 aromatic rings. The van der Waals surface area contributed by atoms with Crippen molar-refractivity contribution < 1.29 is 14.4 Å². The quantitative estimate of drug-likeness (QED) is 0.395. The molecule has 0 aromatic heterocycles. The number of hydrogen-bond donors (Lipinski definition) is 1. The summed E-state index contributed by atoms with van der Waals surface area (Å²) in [5.41, 5.74) is 4.30. The van der Waals surface area contributed by atoms with E-state index in [1.807, 2.05) is 91.9 Å². The molecule has 0 fully saturated rings. The predicted octanol–water partition coefficient (Wildman–Crippen LogP) is 4.49. The first kappa shape index (κ1) is 24.3. The van der Waals surface area contributed by atoms with Crippen molar-refractivity contribution in [3.05, 3.63) is 113 Å². The van der Waals surface area contributed by atoms with Crippen molar-refractivity contribution in [3.8, 4) is 0 Å². The molecule has 37 heavy (non-hydrogen) atoms. The second kappa shape index (κ2) is 10.3. The lowest BCUT2D eigenvalue weighted by atomic mass is 10.0. The fourth-order valence-corrected chi connectivity index (χ4v) is 4.97.